The highest BCUT2D eigenvalue weighted by atomic mass is 79.9. The molecule has 2 aliphatic heterocycles. The SMILES string of the molecule is Cl.O=C(C1(c2cccc(Br)c2)CCNCC1)C1(c2cccc(Br)c2)CCNCC1. The summed E-state index contributed by atoms with van der Waals surface area (Å²) < 4.78 is 2.08. The molecule has 0 spiro atoms. The summed E-state index contributed by atoms with van der Waals surface area (Å²) in [7, 11) is 0. The number of carbonyl (C=O) groups is 1. The van der Waals surface area contributed by atoms with E-state index < -0.39 is 10.8 Å². The van der Waals surface area contributed by atoms with Gasteiger partial charge in [-0.05, 0) is 87.3 Å². The maximum absolute atomic E-state index is 14.5. The van der Waals surface area contributed by atoms with E-state index in [0.717, 1.165) is 71.9 Å². The van der Waals surface area contributed by atoms with Gasteiger partial charge in [0.2, 0.25) is 0 Å². The second kappa shape index (κ2) is 9.61. The van der Waals surface area contributed by atoms with Crippen LogP contribution in [0.1, 0.15) is 36.8 Å². The highest BCUT2D eigenvalue weighted by molar-refractivity contribution is 9.10. The van der Waals surface area contributed by atoms with E-state index in [0.29, 0.717) is 5.78 Å². The molecule has 156 valence electrons. The van der Waals surface area contributed by atoms with Crippen LogP contribution in [0.2, 0.25) is 0 Å². The van der Waals surface area contributed by atoms with E-state index in [2.05, 4.69) is 78.9 Å². The number of halogens is 3. The Labute approximate surface area is 196 Å². The summed E-state index contributed by atoms with van der Waals surface area (Å²) in [4.78, 5) is 14.5. The monoisotopic (exact) mass is 540 g/mol. The third-order valence-corrected chi connectivity index (χ3v) is 7.52. The summed E-state index contributed by atoms with van der Waals surface area (Å²) in [6, 6.07) is 16.8. The minimum absolute atomic E-state index is 0. The second-order valence-corrected chi connectivity index (χ2v) is 9.85. The number of hydrogen-bond donors (Lipinski definition) is 2. The summed E-state index contributed by atoms with van der Waals surface area (Å²) in [6.45, 7) is 3.52. The van der Waals surface area contributed by atoms with Crippen LogP contribution in [0.3, 0.4) is 0 Å². The summed E-state index contributed by atoms with van der Waals surface area (Å²) in [5, 5.41) is 6.92. The molecule has 0 unspecified atom stereocenters. The van der Waals surface area contributed by atoms with Gasteiger partial charge in [0.25, 0.3) is 0 Å². The molecule has 3 nitrogen and oxygen atoms in total. The van der Waals surface area contributed by atoms with Crippen molar-refractivity contribution in [1.29, 1.82) is 0 Å². The number of ketones is 1. The standard InChI is InChI=1S/C23H26Br2N2O.ClH/c24-19-5-1-3-17(15-19)22(7-11-26-12-8-22)21(28)23(9-13-27-14-10-23)18-4-2-6-20(25)16-18;/h1-6,15-16,26-27H,7-14H2;1H. The number of carbonyl (C=O) groups excluding carboxylic acids is 1. The van der Waals surface area contributed by atoms with Crippen LogP contribution in [0.5, 0.6) is 0 Å². The summed E-state index contributed by atoms with van der Waals surface area (Å²) in [6.07, 6.45) is 3.41. The molecule has 2 aromatic carbocycles. The van der Waals surface area contributed by atoms with Crippen molar-refractivity contribution in [3.05, 3.63) is 68.6 Å². The van der Waals surface area contributed by atoms with Gasteiger partial charge < -0.3 is 10.6 Å². The van der Waals surface area contributed by atoms with Crippen LogP contribution in [0.15, 0.2) is 57.5 Å². The lowest BCUT2D eigenvalue weighted by Gasteiger charge is -2.46. The fraction of sp³-hybridized carbons (Fsp3) is 0.435. The molecule has 0 radical (unpaired) electrons. The number of nitrogens with one attached hydrogen (secondary N) is 2. The Balaban J connectivity index is 0.00000240. The summed E-state index contributed by atoms with van der Waals surface area (Å²) in [5.74, 6) is 0.402. The molecule has 2 aliphatic rings. The fourth-order valence-corrected chi connectivity index (χ4v) is 5.83. The number of benzene rings is 2. The maximum Gasteiger partial charge on any atom is 0.154 e. The predicted molar refractivity (Wildman–Crippen MR) is 128 cm³/mol. The normalized spacial score (nSPS) is 20.5. The Morgan fingerprint density at radius 1 is 0.724 bits per heavy atom. The van der Waals surface area contributed by atoms with E-state index in [4.69, 9.17) is 0 Å². The average Bonchev–Trinajstić information content (AvgIpc) is 2.74. The molecule has 4 rings (SSSR count). The lowest BCUT2D eigenvalue weighted by Crippen LogP contribution is -2.56. The molecule has 0 bridgehead atoms. The zero-order chi connectivity index (χ0) is 19.6. The number of Topliss-reactive ketones (excluding diaryl/α,β-unsaturated/α-hetero) is 1. The van der Waals surface area contributed by atoms with Crippen molar-refractivity contribution < 1.29 is 4.79 Å². The van der Waals surface area contributed by atoms with Crippen LogP contribution in [0.25, 0.3) is 0 Å². The van der Waals surface area contributed by atoms with E-state index in [1.807, 2.05) is 12.1 Å². The van der Waals surface area contributed by atoms with Crippen LogP contribution in [0, 0.1) is 0 Å². The number of hydrogen-bond acceptors (Lipinski definition) is 3. The first kappa shape index (κ1) is 23.0. The van der Waals surface area contributed by atoms with E-state index in [9.17, 15) is 4.79 Å². The zero-order valence-corrected chi connectivity index (χ0v) is 20.3. The maximum atomic E-state index is 14.5. The molecule has 2 heterocycles. The van der Waals surface area contributed by atoms with Gasteiger partial charge in [-0.2, -0.15) is 0 Å². The molecule has 2 fully saturated rings. The first-order chi connectivity index (χ1) is 13.6. The van der Waals surface area contributed by atoms with E-state index in [1.54, 1.807) is 0 Å². The van der Waals surface area contributed by atoms with Gasteiger partial charge in [0.1, 0.15) is 0 Å². The van der Waals surface area contributed by atoms with E-state index in [1.165, 1.54) is 0 Å². The summed E-state index contributed by atoms with van der Waals surface area (Å²) in [5.41, 5.74) is 1.44. The first-order valence-corrected chi connectivity index (χ1v) is 11.6. The van der Waals surface area contributed by atoms with Crippen molar-refractivity contribution >= 4 is 50.1 Å². The fourth-order valence-electron chi connectivity index (χ4n) is 5.03. The topological polar surface area (TPSA) is 41.1 Å². The molecular weight excluding hydrogens is 516 g/mol. The van der Waals surface area contributed by atoms with Crippen LogP contribution in [0.4, 0.5) is 0 Å². The van der Waals surface area contributed by atoms with Gasteiger partial charge in [-0.25, -0.2) is 0 Å². The van der Waals surface area contributed by atoms with Gasteiger partial charge >= 0.3 is 0 Å². The number of piperidine rings is 2. The van der Waals surface area contributed by atoms with Crippen molar-refractivity contribution in [2.75, 3.05) is 26.2 Å². The Morgan fingerprint density at radius 3 is 1.45 bits per heavy atom. The zero-order valence-electron chi connectivity index (χ0n) is 16.3. The number of rotatable bonds is 4. The van der Waals surface area contributed by atoms with Gasteiger partial charge in [0, 0.05) is 8.95 Å². The van der Waals surface area contributed by atoms with Gasteiger partial charge in [0.05, 0.1) is 10.8 Å². The molecule has 29 heavy (non-hydrogen) atoms. The lowest BCUT2D eigenvalue weighted by molar-refractivity contribution is -0.132. The second-order valence-electron chi connectivity index (χ2n) is 8.01. The van der Waals surface area contributed by atoms with Crippen LogP contribution >= 0.6 is 44.3 Å². The lowest BCUT2D eigenvalue weighted by atomic mass is 9.57. The molecule has 0 atom stereocenters. The molecule has 2 N–H and O–H groups in total. The molecule has 0 amide bonds. The Morgan fingerprint density at radius 2 is 1.10 bits per heavy atom. The molecular formula is C23H27Br2ClN2O. The van der Waals surface area contributed by atoms with Crippen LogP contribution in [-0.2, 0) is 15.6 Å². The molecule has 2 aromatic rings. The van der Waals surface area contributed by atoms with Crippen LogP contribution in [-0.4, -0.2) is 32.0 Å². The van der Waals surface area contributed by atoms with Gasteiger partial charge in [-0.1, -0.05) is 56.1 Å². The van der Waals surface area contributed by atoms with Crippen molar-refractivity contribution in [1.82, 2.24) is 10.6 Å². The Hall–Kier alpha value is -0.720. The Kier molecular flexibility index (Phi) is 7.61. The van der Waals surface area contributed by atoms with Gasteiger partial charge in [-0.3, -0.25) is 4.79 Å². The predicted octanol–water partition coefficient (Wildman–Crippen LogP) is 5.15. The molecule has 2 saturated heterocycles. The van der Waals surface area contributed by atoms with E-state index >= 15 is 0 Å². The highest BCUT2D eigenvalue weighted by Gasteiger charge is 2.52. The van der Waals surface area contributed by atoms with Crippen molar-refractivity contribution in [3.8, 4) is 0 Å². The van der Waals surface area contributed by atoms with Crippen molar-refractivity contribution in [2.24, 2.45) is 0 Å². The van der Waals surface area contributed by atoms with Gasteiger partial charge in [-0.15, -0.1) is 12.4 Å². The largest absolute Gasteiger partial charge is 0.317 e. The third kappa shape index (κ3) is 4.35. The third-order valence-electron chi connectivity index (χ3n) is 6.54. The quantitative estimate of drug-likeness (QED) is 0.562. The van der Waals surface area contributed by atoms with E-state index in [-0.39, 0.29) is 12.4 Å². The summed E-state index contributed by atoms with van der Waals surface area (Å²) >= 11 is 7.25. The highest BCUT2D eigenvalue weighted by Crippen LogP contribution is 2.46. The van der Waals surface area contributed by atoms with Crippen molar-refractivity contribution in [3.63, 3.8) is 0 Å². The minimum atomic E-state index is -0.436. The molecule has 0 aromatic heterocycles. The molecule has 6 heteroatoms. The average molecular weight is 543 g/mol. The van der Waals surface area contributed by atoms with Crippen LogP contribution < -0.4 is 10.6 Å². The first-order valence-electron chi connectivity index (χ1n) is 10.1. The van der Waals surface area contributed by atoms with Gasteiger partial charge in [0.15, 0.2) is 5.78 Å². The molecule has 0 saturated carbocycles. The van der Waals surface area contributed by atoms with Crippen molar-refractivity contribution in [2.45, 2.75) is 36.5 Å². The minimum Gasteiger partial charge on any atom is -0.317 e. The molecule has 0 aliphatic carbocycles. The Bertz CT molecular complexity index is 792. The smallest absolute Gasteiger partial charge is 0.154 e.